The van der Waals surface area contributed by atoms with E-state index in [1.807, 2.05) is 6.07 Å². The Hall–Kier alpha value is -2.23. The number of nitriles is 1. The highest BCUT2D eigenvalue weighted by Gasteiger charge is 2.32. The monoisotopic (exact) mass is 285 g/mol. The second-order valence-corrected chi connectivity index (χ2v) is 4.52. The van der Waals surface area contributed by atoms with Crippen LogP contribution in [0, 0.1) is 17.2 Å². The minimum Gasteiger partial charge on any atom is -0.398 e. The molecular formula is C13H14F3N3O. The molecular weight excluding hydrogens is 271 g/mol. The maximum absolute atomic E-state index is 12.6. The third-order valence-electron chi connectivity index (χ3n) is 2.73. The summed E-state index contributed by atoms with van der Waals surface area (Å²) < 4.78 is 37.9. The van der Waals surface area contributed by atoms with Gasteiger partial charge in [-0.1, -0.05) is 0 Å². The van der Waals surface area contributed by atoms with Gasteiger partial charge in [-0.25, -0.2) is 0 Å². The molecule has 1 atom stereocenters. The molecule has 0 aliphatic rings. The Morgan fingerprint density at radius 3 is 2.60 bits per heavy atom. The average Bonchev–Trinajstić information content (AvgIpc) is 2.36. The normalized spacial score (nSPS) is 12.6. The third-order valence-corrected chi connectivity index (χ3v) is 2.73. The van der Waals surface area contributed by atoms with Crippen molar-refractivity contribution in [2.45, 2.75) is 13.1 Å². The van der Waals surface area contributed by atoms with Crippen molar-refractivity contribution in [3.05, 3.63) is 29.3 Å². The van der Waals surface area contributed by atoms with Gasteiger partial charge < -0.3 is 10.6 Å². The van der Waals surface area contributed by atoms with Crippen molar-refractivity contribution in [1.82, 2.24) is 4.90 Å². The Morgan fingerprint density at radius 2 is 2.10 bits per heavy atom. The van der Waals surface area contributed by atoms with Gasteiger partial charge >= 0.3 is 6.18 Å². The molecule has 0 saturated heterocycles. The number of rotatable bonds is 3. The number of anilines is 1. The lowest BCUT2D eigenvalue weighted by Gasteiger charge is -2.20. The number of benzene rings is 1. The van der Waals surface area contributed by atoms with Crippen LogP contribution < -0.4 is 5.73 Å². The second-order valence-electron chi connectivity index (χ2n) is 4.52. The number of carbonyl (C=O) groups is 1. The number of amides is 1. The van der Waals surface area contributed by atoms with Gasteiger partial charge in [-0.2, -0.15) is 18.4 Å². The fourth-order valence-corrected chi connectivity index (χ4v) is 1.66. The van der Waals surface area contributed by atoms with Crippen molar-refractivity contribution in [2.75, 3.05) is 19.3 Å². The molecule has 1 amide bonds. The number of halogens is 3. The molecule has 0 fully saturated rings. The topological polar surface area (TPSA) is 70.1 Å². The first-order valence-corrected chi connectivity index (χ1v) is 5.78. The zero-order valence-corrected chi connectivity index (χ0v) is 11.0. The summed E-state index contributed by atoms with van der Waals surface area (Å²) >= 11 is 0. The van der Waals surface area contributed by atoms with E-state index in [4.69, 9.17) is 11.0 Å². The number of hydrogen-bond donors (Lipinski definition) is 1. The summed E-state index contributed by atoms with van der Waals surface area (Å²) in [7, 11) is 1.41. The average molecular weight is 285 g/mol. The molecule has 1 aromatic rings. The van der Waals surface area contributed by atoms with Gasteiger partial charge in [0.15, 0.2) is 0 Å². The Labute approximate surface area is 114 Å². The van der Waals surface area contributed by atoms with Gasteiger partial charge in [0.1, 0.15) is 0 Å². The molecule has 4 nitrogen and oxygen atoms in total. The molecule has 2 N–H and O–H groups in total. The van der Waals surface area contributed by atoms with Crippen molar-refractivity contribution >= 4 is 11.6 Å². The number of alkyl halides is 3. The van der Waals surface area contributed by atoms with E-state index in [0.29, 0.717) is 0 Å². The first-order valence-electron chi connectivity index (χ1n) is 5.78. The lowest BCUT2D eigenvalue weighted by atomic mass is 10.1. The van der Waals surface area contributed by atoms with Gasteiger partial charge in [0.2, 0.25) is 0 Å². The molecule has 1 unspecified atom stereocenters. The van der Waals surface area contributed by atoms with E-state index < -0.39 is 23.6 Å². The van der Waals surface area contributed by atoms with Gasteiger partial charge in [0, 0.05) is 19.3 Å². The first-order chi connectivity index (χ1) is 9.16. The second kappa shape index (κ2) is 5.82. The van der Waals surface area contributed by atoms with E-state index in [2.05, 4.69) is 0 Å². The highest BCUT2D eigenvalue weighted by molar-refractivity contribution is 5.99. The molecule has 0 spiro atoms. The van der Waals surface area contributed by atoms with Crippen LogP contribution in [0.2, 0.25) is 0 Å². The van der Waals surface area contributed by atoms with Gasteiger partial charge in [-0.05, 0) is 25.1 Å². The summed E-state index contributed by atoms with van der Waals surface area (Å²) in [5, 5.41) is 8.68. The smallest absolute Gasteiger partial charge is 0.398 e. The molecule has 108 valence electrons. The van der Waals surface area contributed by atoms with Crippen LogP contribution in [0.25, 0.3) is 0 Å². The summed E-state index contributed by atoms with van der Waals surface area (Å²) in [5.41, 5.74) is 4.38. The molecule has 0 radical (unpaired) electrons. The minimum atomic E-state index is -4.54. The SMILES string of the molecule is CC(C#N)CN(C)C(=O)c1cc(C(F)(F)F)ccc1N. The Kier molecular flexibility index (Phi) is 4.61. The lowest BCUT2D eigenvalue weighted by molar-refractivity contribution is -0.137. The number of nitrogens with zero attached hydrogens (tertiary/aromatic N) is 2. The minimum absolute atomic E-state index is 0.0283. The fourth-order valence-electron chi connectivity index (χ4n) is 1.66. The standard InChI is InChI=1S/C13H14F3N3O/c1-8(6-17)7-19(2)12(20)10-5-9(13(14,15)16)3-4-11(10)18/h3-5,8H,7,18H2,1-2H3. The van der Waals surface area contributed by atoms with Crippen LogP contribution in [0.1, 0.15) is 22.8 Å². The maximum Gasteiger partial charge on any atom is 0.416 e. The summed E-state index contributed by atoms with van der Waals surface area (Å²) in [4.78, 5) is 13.2. The Morgan fingerprint density at radius 1 is 1.50 bits per heavy atom. The van der Waals surface area contributed by atoms with Gasteiger partial charge in [-0.3, -0.25) is 4.79 Å². The first kappa shape index (κ1) is 15.8. The fraction of sp³-hybridized carbons (Fsp3) is 0.385. The highest BCUT2D eigenvalue weighted by atomic mass is 19.4. The van der Waals surface area contributed by atoms with Crippen LogP contribution in [0.5, 0.6) is 0 Å². The van der Waals surface area contributed by atoms with Crippen molar-refractivity contribution in [3.63, 3.8) is 0 Å². The number of nitrogen functional groups attached to an aromatic ring is 1. The van der Waals surface area contributed by atoms with Crippen molar-refractivity contribution in [2.24, 2.45) is 5.92 Å². The molecule has 1 aromatic carbocycles. The van der Waals surface area contributed by atoms with Crippen LogP contribution in [0.15, 0.2) is 18.2 Å². The largest absolute Gasteiger partial charge is 0.416 e. The molecule has 20 heavy (non-hydrogen) atoms. The maximum atomic E-state index is 12.6. The lowest BCUT2D eigenvalue weighted by Crippen LogP contribution is -2.31. The van der Waals surface area contributed by atoms with Crippen LogP contribution in [-0.2, 0) is 6.18 Å². The molecule has 0 heterocycles. The molecule has 7 heteroatoms. The van der Waals surface area contributed by atoms with Gasteiger partial charge in [0.05, 0.1) is 23.1 Å². The van der Waals surface area contributed by atoms with E-state index >= 15 is 0 Å². The number of nitrogens with two attached hydrogens (primary N) is 1. The highest BCUT2D eigenvalue weighted by Crippen LogP contribution is 2.31. The van der Waals surface area contributed by atoms with Crippen LogP contribution in [0.4, 0.5) is 18.9 Å². The van der Waals surface area contributed by atoms with Crippen LogP contribution >= 0.6 is 0 Å². The molecule has 0 aliphatic heterocycles. The van der Waals surface area contributed by atoms with Gasteiger partial charge in [-0.15, -0.1) is 0 Å². The molecule has 0 bridgehead atoms. The number of carbonyl (C=O) groups excluding carboxylic acids is 1. The van der Waals surface area contributed by atoms with Crippen LogP contribution in [-0.4, -0.2) is 24.4 Å². The predicted octanol–water partition coefficient (Wildman–Crippen LogP) is 2.52. The quantitative estimate of drug-likeness (QED) is 0.867. The molecule has 0 saturated carbocycles. The van der Waals surface area contributed by atoms with Gasteiger partial charge in [0.25, 0.3) is 5.91 Å². The van der Waals surface area contributed by atoms with E-state index in [-0.39, 0.29) is 17.8 Å². The molecule has 1 rings (SSSR count). The summed E-state index contributed by atoms with van der Waals surface area (Å²) in [6, 6.07) is 4.55. The van der Waals surface area contributed by atoms with Crippen molar-refractivity contribution in [1.29, 1.82) is 5.26 Å². The Balaban J connectivity index is 3.07. The summed E-state index contributed by atoms with van der Waals surface area (Å²) in [5.74, 6) is -1.06. The van der Waals surface area contributed by atoms with E-state index in [9.17, 15) is 18.0 Å². The predicted molar refractivity (Wildman–Crippen MR) is 67.6 cm³/mol. The third kappa shape index (κ3) is 3.63. The number of hydrogen-bond acceptors (Lipinski definition) is 3. The van der Waals surface area contributed by atoms with Crippen molar-refractivity contribution in [3.8, 4) is 6.07 Å². The van der Waals surface area contributed by atoms with Crippen LogP contribution in [0.3, 0.4) is 0 Å². The zero-order chi connectivity index (χ0) is 15.5. The van der Waals surface area contributed by atoms with E-state index in [0.717, 1.165) is 18.2 Å². The molecule has 0 aliphatic carbocycles. The van der Waals surface area contributed by atoms with Crippen molar-refractivity contribution < 1.29 is 18.0 Å². The zero-order valence-electron chi connectivity index (χ0n) is 11.0. The summed E-state index contributed by atoms with van der Waals surface area (Å²) in [6.07, 6.45) is -4.54. The van der Waals surface area contributed by atoms with E-state index in [1.54, 1.807) is 6.92 Å². The molecule has 0 aromatic heterocycles. The Bertz CT molecular complexity index is 549. The van der Waals surface area contributed by atoms with E-state index in [1.165, 1.54) is 11.9 Å². The summed E-state index contributed by atoms with van der Waals surface area (Å²) in [6.45, 7) is 1.73.